The topological polar surface area (TPSA) is 60.6 Å². The van der Waals surface area contributed by atoms with Gasteiger partial charge in [-0.1, -0.05) is 30.3 Å². The van der Waals surface area contributed by atoms with Crippen molar-refractivity contribution < 1.29 is 0 Å². The number of benzene rings is 1. The van der Waals surface area contributed by atoms with Crippen LogP contribution in [0.4, 0.5) is 0 Å². The highest BCUT2D eigenvalue weighted by Crippen LogP contribution is 2.31. The fourth-order valence-corrected chi connectivity index (χ4v) is 3.07. The minimum absolute atomic E-state index is 0.323. The second-order valence-electron chi connectivity index (χ2n) is 5.48. The number of hydrogen-bond donors (Lipinski definition) is 2. The van der Waals surface area contributed by atoms with Crippen molar-refractivity contribution in [1.29, 1.82) is 0 Å². The van der Waals surface area contributed by atoms with Crippen molar-refractivity contribution in [2.45, 2.75) is 19.0 Å². The number of fused-ring (bicyclic) bond motifs is 1. The third-order valence-corrected chi connectivity index (χ3v) is 4.06. The summed E-state index contributed by atoms with van der Waals surface area (Å²) in [4.78, 5) is 10.3. The van der Waals surface area contributed by atoms with Gasteiger partial charge in [-0.2, -0.15) is 5.10 Å². The van der Waals surface area contributed by atoms with Crippen LogP contribution in [0.25, 0.3) is 0 Å². The zero-order chi connectivity index (χ0) is 14.1. The Kier molecular flexibility index (Phi) is 3.05. The first kappa shape index (κ1) is 12.3. The molecule has 0 fully saturated rings. The largest absolute Gasteiger partial charge is 0.347 e. The minimum atomic E-state index is 0.323. The Morgan fingerprint density at radius 2 is 2.10 bits per heavy atom. The normalized spacial score (nSPS) is 18.6. The molecule has 0 bridgehead atoms. The molecule has 0 aliphatic carbocycles. The first-order valence-corrected chi connectivity index (χ1v) is 7.18. The summed E-state index contributed by atoms with van der Waals surface area (Å²) in [5.41, 5.74) is 4.86. The maximum absolute atomic E-state index is 4.54. The van der Waals surface area contributed by atoms with Gasteiger partial charge in [-0.3, -0.25) is 10.00 Å². The van der Waals surface area contributed by atoms with Crippen LogP contribution in [-0.4, -0.2) is 31.6 Å². The standard InChI is InChI=1S/C16H17N5/c1-2-4-12(5-3-1)14-9-21(8-13-6-7-19-20-13)10-15-16(14)18-11-17-15/h1-7,11,14H,8-10H2,(H,17,18)(H,19,20). The van der Waals surface area contributed by atoms with Crippen molar-refractivity contribution in [2.24, 2.45) is 0 Å². The van der Waals surface area contributed by atoms with Gasteiger partial charge < -0.3 is 4.98 Å². The molecule has 1 atom stereocenters. The lowest BCUT2D eigenvalue weighted by atomic mass is 9.91. The molecule has 0 spiro atoms. The summed E-state index contributed by atoms with van der Waals surface area (Å²) in [5, 5.41) is 7.07. The summed E-state index contributed by atoms with van der Waals surface area (Å²) in [6, 6.07) is 12.6. The number of imidazole rings is 1. The van der Waals surface area contributed by atoms with Gasteiger partial charge in [0.2, 0.25) is 0 Å². The Labute approximate surface area is 123 Å². The molecule has 2 N–H and O–H groups in total. The second-order valence-corrected chi connectivity index (χ2v) is 5.48. The summed E-state index contributed by atoms with van der Waals surface area (Å²) in [5.74, 6) is 0.323. The van der Waals surface area contributed by atoms with E-state index in [0.717, 1.165) is 25.3 Å². The number of nitrogens with one attached hydrogen (secondary N) is 2. The Morgan fingerprint density at radius 3 is 2.90 bits per heavy atom. The summed E-state index contributed by atoms with van der Waals surface area (Å²) in [7, 11) is 0. The van der Waals surface area contributed by atoms with Crippen molar-refractivity contribution in [1.82, 2.24) is 25.1 Å². The van der Waals surface area contributed by atoms with Gasteiger partial charge in [0.25, 0.3) is 0 Å². The molecule has 3 aromatic rings. The molecule has 5 heteroatoms. The maximum atomic E-state index is 4.54. The lowest BCUT2D eigenvalue weighted by Crippen LogP contribution is -2.34. The van der Waals surface area contributed by atoms with Gasteiger partial charge >= 0.3 is 0 Å². The Bertz CT molecular complexity index is 701. The van der Waals surface area contributed by atoms with Gasteiger partial charge in [-0.05, 0) is 11.6 Å². The molecule has 2 aromatic heterocycles. The molecule has 0 saturated heterocycles. The number of aromatic amines is 2. The van der Waals surface area contributed by atoms with E-state index >= 15 is 0 Å². The molecule has 3 heterocycles. The van der Waals surface area contributed by atoms with Crippen molar-refractivity contribution in [3.63, 3.8) is 0 Å². The van der Waals surface area contributed by atoms with Gasteiger partial charge in [0, 0.05) is 37.4 Å². The molecular formula is C16H17N5. The molecular weight excluding hydrogens is 262 g/mol. The molecule has 1 aliphatic heterocycles. The number of H-pyrrole nitrogens is 2. The maximum Gasteiger partial charge on any atom is 0.0925 e. The van der Waals surface area contributed by atoms with Gasteiger partial charge in [0.05, 0.1) is 17.7 Å². The van der Waals surface area contributed by atoms with E-state index in [4.69, 9.17) is 0 Å². The van der Waals surface area contributed by atoms with Crippen LogP contribution < -0.4 is 0 Å². The third-order valence-electron chi connectivity index (χ3n) is 4.06. The van der Waals surface area contributed by atoms with Crippen LogP contribution in [0.2, 0.25) is 0 Å². The zero-order valence-corrected chi connectivity index (χ0v) is 11.7. The molecule has 0 saturated carbocycles. The molecule has 21 heavy (non-hydrogen) atoms. The SMILES string of the molecule is c1ccc(C2CN(Cc3ccn[nH]3)Cc3[nH]cnc32)cc1. The second kappa shape index (κ2) is 5.18. The summed E-state index contributed by atoms with van der Waals surface area (Å²) >= 11 is 0. The lowest BCUT2D eigenvalue weighted by molar-refractivity contribution is 0.225. The third kappa shape index (κ3) is 2.36. The lowest BCUT2D eigenvalue weighted by Gasteiger charge is -2.31. The van der Waals surface area contributed by atoms with E-state index < -0.39 is 0 Å². The molecule has 1 aromatic carbocycles. The first-order chi connectivity index (χ1) is 10.4. The molecule has 5 nitrogen and oxygen atoms in total. The van der Waals surface area contributed by atoms with Gasteiger partial charge in [0.15, 0.2) is 0 Å². The van der Waals surface area contributed by atoms with Crippen LogP contribution in [0.3, 0.4) is 0 Å². The van der Waals surface area contributed by atoms with Gasteiger partial charge in [0.1, 0.15) is 0 Å². The summed E-state index contributed by atoms with van der Waals surface area (Å²) < 4.78 is 0. The molecule has 106 valence electrons. The van der Waals surface area contributed by atoms with Gasteiger partial charge in [-0.15, -0.1) is 0 Å². The first-order valence-electron chi connectivity index (χ1n) is 7.18. The Hall–Kier alpha value is -2.40. The van der Waals surface area contributed by atoms with Crippen LogP contribution >= 0.6 is 0 Å². The number of aromatic nitrogens is 4. The Morgan fingerprint density at radius 1 is 1.19 bits per heavy atom. The van der Waals surface area contributed by atoms with Crippen LogP contribution in [0.1, 0.15) is 28.6 Å². The molecule has 0 amide bonds. The van der Waals surface area contributed by atoms with E-state index in [1.54, 1.807) is 12.5 Å². The summed E-state index contributed by atoms with van der Waals surface area (Å²) in [6.07, 6.45) is 3.61. The highest BCUT2D eigenvalue weighted by atomic mass is 15.2. The van der Waals surface area contributed by atoms with Crippen molar-refractivity contribution in [3.8, 4) is 0 Å². The Balaban J connectivity index is 1.64. The predicted octanol–water partition coefficient (Wildman–Crippen LogP) is 2.28. The fraction of sp³-hybridized carbons (Fsp3) is 0.250. The van der Waals surface area contributed by atoms with E-state index in [0.29, 0.717) is 5.92 Å². The minimum Gasteiger partial charge on any atom is -0.347 e. The fourth-order valence-electron chi connectivity index (χ4n) is 3.07. The van der Waals surface area contributed by atoms with Gasteiger partial charge in [-0.25, -0.2) is 4.98 Å². The molecule has 1 unspecified atom stereocenters. The number of rotatable bonds is 3. The number of hydrogen-bond acceptors (Lipinski definition) is 3. The van der Waals surface area contributed by atoms with E-state index in [-0.39, 0.29) is 0 Å². The molecule has 0 radical (unpaired) electrons. The molecule has 4 rings (SSSR count). The van der Waals surface area contributed by atoms with Crippen molar-refractivity contribution in [3.05, 3.63) is 71.6 Å². The average molecular weight is 279 g/mol. The van der Waals surface area contributed by atoms with E-state index in [1.807, 2.05) is 6.07 Å². The van der Waals surface area contributed by atoms with Crippen LogP contribution in [0.15, 0.2) is 48.9 Å². The smallest absolute Gasteiger partial charge is 0.0925 e. The highest BCUT2D eigenvalue weighted by molar-refractivity contribution is 5.33. The zero-order valence-electron chi connectivity index (χ0n) is 11.7. The van der Waals surface area contributed by atoms with Crippen LogP contribution in [0, 0.1) is 0 Å². The summed E-state index contributed by atoms with van der Waals surface area (Å²) in [6.45, 7) is 2.75. The van der Waals surface area contributed by atoms with E-state index in [1.165, 1.54) is 17.0 Å². The average Bonchev–Trinajstić information content (AvgIpc) is 3.18. The number of nitrogens with zero attached hydrogens (tertiary/aromatic N) is 3. The van der Waals surface area contributed by atoms with Crippen LogP contribution in [-0.2, 0) is 13.1 Å². The van der Waals surface area contributed by atoms with E-state index in [2.05, 4.69) is 55.4 Å². The molecule has 1 aliphatic rings. The van der Waals surface area contributed by atoms with Crippen LogP contribution in [0.5, 0.6) is 0 Å². The van der Waals surface area contributed by atoms with E-state index in [9.17, 15) is 0 Å². The monoisotopic (exact) mass is 279 g/mol. The predicted molar refractivity (Wildman–Crippen MR) is 79.6 cm³/mol. The quantitative estimate of drug-likeness (QED) is 0.773. The van der Waals surface area contributed by atoms with Crippen molar-refractivity contribution >= 4 is 0 Å². The van der Waals surface area contributed by atoms with Crippen molar-refractivity contribution in [2.75, 3.05) is 6.54 Å². The highest BCUT2D eigenvalue weighted by Gasteiger charge is 2.28.